The minimum Gasteiger partial charge on any atom is -0.449 e. The number of fused-ring (bicyclic) bond motifs is 2. The Kier molecular flexibility index (Phi) is 8.64. The molecule has 3 N–H and O–H groups in total. The third kappa shape index (κ3) is 6.50. The maximum absolute atomic E-state index is 13.3. The Labute approximate surface area is 243 Å². The number of hydrogen-bond acceptors (Lipinski definition) is 5. The summed E-state index contributed by atoms with van der Waals surface area (Å²) in [6, 6.07) is 24.5. The maximum Gasteiger partial charge on any atom is 0.407 e. The van der Waals surface area contributed by atoms with Gasteiger partial charge in [-0.3, -0.25) is 4.79 Å². The van der Waals surface area contributed by atoms with Crippen LogP contribution < -0.4 is 10.7 Å². The lowest BCUT2D eigenvalue weighted by molar-refractivity contribution is -0.123. The topological polar surface area (TPSA) is 124 Å². The van der Waals surface area contributed by atoms with Gasteiger partial charge in [0.25, 0.3) is 5.91 Å². The van der Waals surface area contributed by atoms with E-state index in [0.29, 0.717) is 12.1 Å². The van der Waals surface area contributed by atoms with Crippen LogP contribution in [0.15, 0.2) is 90.3 Å². The highest BCUT2D eigenvalue weighted by molar-refractivity contribution is 6.00. The van der Waals surface area contributed by atoms with Gasteiger partial charge in [-0.15, -0.1) is 0 Å². The number of H-pyrrole nitrogens is 1. The van der Waals surface area contributed by atoms with Gasteiger partial charge in [-0.1, -0.05) is 68.4 Å². The summed E-state index contributed by atoms with van der Waals surface area (Å²) in [5.41, 5.74) is 7.75. The number of hydrogen-bond donors (Lipinski definition) is 3. The Morgan fingerprint density at radius 1 is 1.02 bits per heavy atom. The summed E-state index contributed by atoms with van der Waals surface area (Å²) in [6.07, 6.45) is 4.97. The highest BCUT2D eigenvalue weighted by Crippen LogP contribution is 2.22. The highest BCUT2D eigenvalue weighted by atomic mass is 16.5. The van der Waals surface area contributed by atoms with Crippen LogP contribution in [0.1, 0.15) is 36.1 Å². The van der Waals surface area contributed by atoms with Crippen LogP contribution in [0, 0.1) is 17.2 Å². The molecule has 0 spiro atoms. The fourth-order valence-electron chi connectivity index (χ4n) is 4.86. The van der Waals surface area contributed by atoms with Crippen LogP contribution in [0.25, 0.3) is 21.8 Å². The molecule has 0 aliphatic rings. The zero-order valence-corrected chi connectivity index (χ0v) is 23.5. The second-order valence-corrected chi connectivity index (χ2v) is 10.5. The van der Waals surface area contributed by atoms with Crippen molar-refractivity contribution in [1.82, 2.24) is 20.3 Å². The summed E-state index contributed by atoms with van der Waals surface area (Å²) in [5.74, 6) is -0.304. The first kappa shape index (κ1) is 28.2. The van der Waals surface area contributed by atoms with E-state index in [-0.39, 0.29) is 18.9 Å². The van der Waals surface area contributed by atoms with E-state index in [4.69, 9.17) is 4.74 Å². The molecule has 5 rings (SSSR count). The molecule has 2 heterocycles. The number of ether oxygens (including phenoxy) is 1. The van der Waals surface area contributed by atoms with E-state index in [2.05, 4.69) is 31.5 Å². The van der Waals surface area contributed by atoms with E-state index in [1.54, 1.807) is 12.3 Å². The van der Waals surface area contributed by atoms with Gasteiger partial charge < -0.3 is 19.6 Å². The van der Waals surface area contributed by atoms with Crippen molar-refractivity contribution in [2.75, 3.05) is 6.61 Å². The molecule has 0 fully saturated rings. The van der Waals surface area contributed by atoms with Gasteiger partial charge >= 0.3 is 6.09 Å². The van der Waals surface area contributed by atoms with E-state index in [9.17, 15) is 14.9 Å². The van der Waals surface area contributed by atoms with Crippen LogP contribution in [0.2, 0.25) is 0 Å². The van der Waals surface area contributed by atoms with Gasteiger partial charge in [0.05, 0.1) is 24.5 Å². The van der Waals surface area contributed by atoms with Gasteiger partial charge in [-0.25, -0.2) is 10.2 Å². The van der Waals surface area contributed by atoms with Crippen molar-refractivity contribution in [2.24, 2.45) is 11.0 Å². The van der Waals surface area contributed by atoms with E-state index < -0.39 is 18.0 Å². The third-order valence-electron chi connectivity index (χ3n) is 6.93. The van der Waals surface area contributed by atoms with Gasteiger partial charge in [-0.2, -0.15) is 10.4 Å². The van der Waals surface area contributed by atoms with Crippen molar-refractivity contribution in [1.29, 1.82) is 5.26 Å². The van der Waals surface area contributed by atoms with Crippen molar-refractivity contribution in [3.63, 3.8) is 0 Å². The molecule has 0 aliphatic heterocycles. The highest BCUT2D eigenvalue weighted by Gasteiger charge is 2.23. The summed E-state index contributed by atoms with van der Waals surface area (Å²) in [5, 5.41) is 18.4. The number of para-hydroxylation sites is 2. The molecule has 2 aromatic heterocycles. The van der Waals surface area contributed by atoms with E-state index in [1.165, 1.54) is 0 Å². The minimum absolute atomic E-state index is 0.164. The van der Waals surface area contributed by atoms with Crippen LogP contribution in [-0.4, -0.2) is 40.4 Å². The zero-order valence-electron chi connectivity index (χ0n) is 23.5. The molecule has 212 valence electrons. The quantitative estimate of drug-likeness (QED) is 0.154. The van der Waals surface area contributed by atoms with Crippen LogP contribution in [0.5, 0.6) is 0 Å². The molecule has 1 atom stereocenters. The third-order valence-corrected chi connectivity index (χ3v) is 6.93. The number of carbonyl (C=O) groups is 2. The lowest BCUT2D eigenvalue weighted by Crippen LogP contribution is -2.47. The number of hydrazone groups is 1. The Balaban J connectivity index is 1.35. The van der Waals surface area contributed by atoms with E-state index in [0.717, 1.165) is 38.5 Å². The van der Waals surface area contributed by atoms with Crippen LogP contribution >= 0.6 is 0 Å². The van der Waals surface area contributed by atoms with Crippen molar-refractivity contribution in [3.8, 4) is 6.07 Å². The van der Waals surface area contributed by atoms with Crippen LogP contribution in [0.3, 0.4) is 0 Å². The van der Waals surface area contributed by atoms with Crippen LogP contribution in [-0.2, 0) is 22.5 Å². The minimum atomic E-state index is -0.912. The molecule has 0 aliphatic carbocycles. The lowest BCUT2D eigenvalue weighted by Gasteiger charge is -2.17. The molecule has 3 aromatic carbocycles. The fraction of sp³-hybridized carbons (Fsp3) is 0.212. The summed E-state index contributed by atoms with van der Waals surface area (Å²) < 4.78 is 7.34. The molecular weight excluding hydrogens is 528 g/mol. The summed E-state index contributed by atoms with van der Waals surface area (Å²) in [7, 11) is 0. The molecule has 2 amide bonds. The second-order valence-electron chi connectivity index (χ2n) is 10.5. The molecular formula is C33H32N6O3. The Morgan fingerprint density at radius 3 is 2.57 bits per heavy atom. The number of alkyl carbamates (subject to hydrolysis) is 1. The van der Waals surface area contributed by atoms with Crippen molar-refractivity contribution in [3.05, 3.63) is 107 Å². The predicted octanol–water partition coefficient (Wildman–Crippen LogP) is 5.49. The molecule has 0 bridgehead atoms. The molecule has 0 unspecified atom stereocenters. The number of rotatable bonds is 10. The SMILES string of the molecule is CC(C)COC(=O)N[C@@H](Cc1c[nH]c2ccccc12)C(=O)N/N=C\c1cn(Cc2ccccc2C#N)c2ccccc12. The van der Waals surface area contributed by atoms with E-state index >= 15 is 0 Å². The van der Waals surface area contributed by atoms with Gasteiger partial charge in [0.1, 0.15) is 6.04 Å². The Bertz CT molecular complexity index is 1790. The smallest absolute Gasteiger partial charge is 0.407 e. The summed E-state index contributed by atoms with van der Waals surface area (Å²) >= 11 is 0. The Morgan fingerprint density at radius 2 is 1.76 bits per heavy atom. The largest absolute Gasteiger partial charge is 0.449 e. The number of carbonyl (C=O) groups excluding carboxylic acids is 2. The average molecular weight is 561 g/mol. The number of benzene rings is 3. The normalized spacial score (nSPS) is 12.0. The monoisotopic (exact) mass is 560 g/mol. The molecule has 5 aromatic rings. The molecule has 0 saturated carbocycles. The zero-order chi connectivity index (χ0) is 29.5. The van der Waals surface area contributed by atoms with Gasteiger partial charge in [0.2, 0.25) is 0 Å². The number of aromatic amines is 1. The number of nitrogens with one attached hydrogen (secondary N) is 3. The molecule has 0 radical (unpaired) electrons. The molecule has 9 heteroatoms. The van der Waals surface area contributed by atoms with Crippen molar-refractivity contribution in [2.45, 2.75) is 32.9 Å². The standard InChI is InChI=1S/C33H32N6O3/c1-22(2)21-42-33(41)37-30(15-25-17-35-29-13-7-5-11-27(25)29)32(40)38-36-18-26-20-39(31-14-8-6-12-28(26)31)19-24-10-4-3-9-23(24)16-34/h3-14,17-18,20,22,30,35H,15,19,21H2,1-2H3,(H,37,41)(H,38,40)/b36-18-/t30-/m0/s1. The molecule has 42 heavy (non-hydrogen) atoms. The first-order valence-electron chi connectivity index (χ1n) is 13.8. The second kappa shape index (κ2) is 12.9. The van der Waals surface area contributed by atoms with Gasteiger partial charge in [0.15, 0.2) is 0 Å². The van der Waals surface area contributed by atoms with Gasteiger partial charge in [0, 0.05) is 52.7 Å². The lowest BCUT2D eigenvalue weighted by atomic mass is 10.0. The van der Waals surface area contributed by atoms with E-state index in [1.807, 2.05) is 93.0 Å². The molecule has 0 saturated heterocycles. The predicted molar refractivity (Wildman–Crippen MR) is 163 cm³/mol. The Hall–Kier alpha value is -5.36. The summed E-state index contributed by atoms with van der Waals surface area (Å²) in [4.78, 5) is 29.0. The number of nitriles is 1. The molecule has 9 nitrogen and oxygen atoms in total. The van der Waals surface area contributed by atoms with Crippen molar-refractivity contribution >= 4 is 40.0 Å². The van der Waals surface area contributed by atoms with Gasteiger partial charge in [-0.05, 0) is 35.2 Å². The first-order chi connectivity index (χ1) is 20.4. The number of aromatic nitrogens is 2. The maximum atomic E-state index is 13.3. The number of nitrogens with zero attached hydrogens (tertiary/aromatic N) is 3. The fourth-order valence-corrected chi connectivity index (χ4v) is 4.86. The summed E-state index contributed by atoms with van der Waals surface area (Å²) in [6.45, 7) is 4.64. The number of amides is 2. The van der Waals surface area contributed by atoms with Crippen LogP contribution in [0.4, 0.5) is 4.79 Å². The average Bonchev–Trinajstić information content (AvgIpc) is 3.57. The first-order valence-corrected chi connectivity index (χ1v) is 13.8. The van der Waals surface area contributed by atoms with Crippen molar-refractivity contribution < 1.29 is 14.3 Å².